The Morgan fingerprint density at radius 2 is 1.92 bits per heavy atom. The van der Waals surface area contributed by atoms with E-state index in [-0.39, 0.29) is 0 Å². The summed E-state index contributed by atoms with van der Waals surface area (Å²) in [5.74, 6) is 1.30. The third-order valence-corrected chi connectivity index (χ3v) is 4.55. The summed E-state index contributed by atoms with van der Waals surface area (Å²) < 4.78 is 6.17. The van der Waals surface area contributed by atoms with Crippen LogP contribution in [0.5, 0.6) is 11.6 Å². The second-order valence-electron chi connectivity index (χ2n) is 6.14. The average Bonchev–Trinajstić information content (AvgIpc) is 2.69. The van der Waals surface area contributed by atoms with E-state index in [2.05, 4.69) is 4.98 Å². The number of carboxylic acid groups (broad SMARTS) is 1. The summed E-state index contributed by atoms with van der Waals surface area (Å²) >= 11 is 0. The van der Waals surface area contributed by atoms with Crippen LogP contribution < -0.4 is 4.74 Å². The van der Waals surface area contributed by atoms with Crippen LogP contribution in [0, 0.1) is 0 Å². The first kappa shape index (κ1) is 16.1. The molecule has 1 aromatic heterocycles. The maximum atomic E-state index is 11.1. The summed E-state index contributed by atoms with van der Waals surface area (Å²) in [6, 6.07) is 17.8. The predicted octanol–water partition coefficient (Wildman–Crippen LogP) is 4.79. The van der Waals surface area contributed by atoms with Crippen molar-refractivity contribution in [2.75, 3.05) is 13.1 Å². The van der Waals surface area contributed by atoms with E-state index >= 15 is 0 Å². The Morgan fingerprint density at radius 1 is 1.08 bits per heavy atom. The highest BCUT2D eigenvalue weighted by atomic mass is 16.5. The van der Waals surface area contributed by atoms with Gasteiger partial charge < -0.3 is 14.7 Å². The molecule has 0 saturated heterocycles. The van der Waals surface area contributed by atoms with E-state index in [4.69, 9.17) is 9.84 Å². The molecule has 0 aliphatic carbocycles. The molecule has 26 heavy (non-hydrogen) atoms. The molecule has 0 saturated carbocycles. The van der Waals surface area contributed by atoms with Crippen LogP contribution in [0.1, 0.15) is 12.0 Å². The first-order valence-corrected chi connectivity index (χ1v) is 8.50. The molecule has 0 unspecified atom stereocenters. The minimum absolute atomic E-state index is 0.382. The summed E-state index contributed by atoms with van der Waals surface area (Å²) in [4.78, 5) is 16.9. The normalized spacial score (nSPS) is 14.2. The Hall–Kier alpha value is -3.34. The third kappa shape index (κ3) is 3.11. The number of ether oxygens (including phenoxy) is 1. The van der Waals surface area contributed by atoms with Gasteiger partial charge in [0.15, 0.2) is 0 Å². The van der Waals surface area contributed by atoms with E-state index in [1.54, 1.807) is 6.20 Å². The molecule has 130 valence electrons. The fourth-order valence-corrected chi connectivity index (χ4v) is 3.19. The first-order valence-electron chi connectivity index (χ1n) is 8.50. The van der Waals surface area contributed by atoms with Gasteiger partial charge in [-0.3, -0.25) is 0 Å². The summed E-state index contributed by atoms with van der Waals surface area (Å²) in [7, 11) is 0. The van der Waals surface area contributed by atoms with Crippen molar-refractivity contribution in [3.8, 4) is 11.6 Å². The number of hydrogen-bond acceptors (Lipinski definition) is 3. The highest BCUT2D eigenvalue weighted by molar-refractivity contribution is 5.88. The van der Waals surface area contributed by atoms with E-state index < -0.39 is 6.09 Å². The zero-order valence-electron chi connectivity index (χ0n) is 14.1. The van der Waals surface area contributed by atoms with Crippen LogP contribution in [0.15, 0.2) is 66.9 Å². The maximum Gasteiger partial charge on any atom is 0.407 e. The number of hydrogen-bond donors (Lipinski definition) is 1. The molecule has 0 bridgehead atoms. The van der Waals surface area contributed by atoms with Crippen molar-refractivity contribution in [3.63, 3.8) is 0 Å². The number of fused-ring (bicyclic) bond motifs is 1. The van der Waals surface area contributed by atoms with E-state index in [0.717, 1.165) is 27.7 Å². The largest absolute Gasteiger partial charge is 0.465 e. The zero-order chi connectivity index (χ0) is 17.9. The van der Waals surface area contributed by atoms with E-state index in [1.165, 1.54) is 4.90 Å². The average molecular weight is 346 g/mol. The predicted molar refractivity (Wildman–Crippen MR) is 100 cm³/mol. The number of carbonyl (C=O) groups is 1. The lowest BCUT2D eigenvalue weighted by Crippen LogP contribution is -2.33. The van der Waals surface area contributed by atoms with Crippen molar-refractivity contribution in [3.05, 3.63) is 72.4 Å². The van der Waals surface area contributed by atoms with Gasteiger partial charge in [-0.15, -0.1) is 0 Å². The van der Waals surface area contributed by atoms with Gasteiger partial charge in [-0.05, 0) is 35.6 Å². The SMILES string of the molecule is O=C(O)N1CC=C(c2cccnc2Oc2cccc3ccccc23)CC1. The summed E-state index contributed by atoms with van der Waals surface area (Å²) in [6.45, 7) is 0.858. The summed E-state index contributed by atoms with van der Waals surface area (Å²) in [5.41, 5.74) is 1.97. The van der Waals surface area contributed by atoms with E-state index in [1.807, 2.05) is 60.7 Å². The van der Waals surface area contributed by atoms with Crippen LogP contribution in [-0.4, -0.2) is 34.2 Å². The Morgan fingerprint density at radius 3 is 2.73 bits per heavy atom. The fourth-order valence-electron chi connectivity index (χ4n) is 3.19. The molecule has 1 aliphatic rings. The number of nitrogens with zero attached hydrogens (tertiary/aromatic N) is 2. The Kier molecular flexibility index (Phi) is 4.27. The van der Waals surface area contributed by atoms with Crippen molar-refractivity contribution in [2.45, 2.75) is 6.42 Å². The number of amides is 1. The molecule has 1 aliphatic heterocycles. The maximum absolute atomic E-state index is 11.1. The molecule has 5 nitrogen and oxygen atoms in total. The fraction of sp³-hybridized carbons (Fsp3) is 0.143. The van der Waals surface area contributed by atoms with Crippen LogP contribution in [0.25, 0.3) is 16.3 Å². The van der Waals surface area contributed by atoms with Crippen LogP contribution in [-0.2, 0) is 0 Å². The van der Waals surface area contributed by atoms with Crippen molar-refractivity contribution in [2.24, 2.45) is 0 Å². The molecule has 1 N–H and O–H groups in total. The third-order valence-electron chi connectivity index (χ3n) is 4.55. The minimum atomic E-state index is -0.890. The highest BCUT2D eigenvalue weighted by Crippen LogP contribution is 2.34. The van der Waals surface area contributed by atoms with Crippen molar-refractivity contribution < 1.29 is 14.6 Å². The van der Waals surface area contributed by atoms with Gasteiger partial charge in [-0.25, -0.2) is 9.78 Å². The number of rotatable bonds is 3. The van der Waals surface area contributed by atoms with Crippen molar-refractivity contribution in [1.82, 2.24) is 9.88 Å². The van der Waals surface area contributed by atoms with Gasteiger partial charge in [-0.2, -0.15) is 0 Å². The van der Waals surface area contributed by atoms with E-state index in [9.17, 15) is 4.79 Å². The second-order valence-corrected chi connectivity index (χ2v) is 6.14. The molecule has 2 aromatic carbocycles. The number of pyridine rings is 1. The van der Waals surface area contributed by atoms with Gasteiger partial charge in [0.2, 0.25) is 5.88 Å². The van der Waals surface area contributed by atoms with Crippen LogP contribution in [0.2, 0.25) is 0 Å². The lowest BCUT2D eigenvalue weighted by Gasteiger charge is -2.24. The summed E-state index contributed by atoms with van der Waals surface area (Å²) in [5, 5.41) is 11.2. The topological polar surface area (TPSA) is 62.7 Å². The van der Waals surface area contributed by atoms with Gasteiger partial charge in [0, 0.05) is 30.2 Å². The Labute approximate surface area is 151 Å². The quantitative estimate of drug-likeness (QED) is 0.740. The van der Waals surface area contributed by atoms with Crippen molar-refractivity contribution >= 4 is 22.4 Å². The Balaban J connectivity index is 1.68. The number of aromatic nitrogens is 1. The molecule has 5 heteroatoms. The molecule has 0 radical (unpaired) electrons. The zero-order valence-corrected chi connectivity index (χ0v) is 14.1. The molecule has 1 amide bonds. The molecule has 3 aromatic rings. The second kappa shape index (κ2) is 6.88. The van der Waals surface area contributed by atoms with Gasteiger partial charge in [0.1, 0.15) is 5.75 Å². The first-order chi connectivity index (χ1) is 12.7. The molecule has 0 spiro atoms. The van der Waals surface area contributed by atoms with E-state index in [0.29, 0.717) is 25.4 Å². The molecule has 2 heterocycles. The highest BCUT2D eigenvalue weighted by Gasteiger charge is 2.19. The molecular weight excluding hydrogens is 328 g/mol. The molecule has 0 atom stereocenters. The monoisotopic (exact) mass is 346 g/mol. The minimum Gasteiger partial charge on any atom is -0.465 e. The molecule has 4 rings (SSSR count). The number of benzene rings is 2. The summed E-state index contributed by atoms with van der Waals surface area (Å²) in [6.07, 6.45) is 3.39. The van der Waals surface area contributed by atoms with Gasteiger partial charge in [0.05, 0.1) is 0 Å². The standard InChI is InChI=1S/C21H18N2O3/c24-21(25)23-13-10-16(11-14-23)18-8-4-12-22-20(18)26-19-9-3-6-15-5-1-2-7-17(15)19/h1-10,12H,11,13-14H2,(H,24,25). The molecule has 0 fully saturated rings. The van der Waals surface area contributed by atoms with Crippen molar-refractivity contribution in [1.29, 1.82) is 0 Å². The lowest BCUT2D eigenvalue weighted by molar-refractivity contribution is 0.150. The van der Waals surface area contributed by atoms with Crippen LogP contribution in [0.3, 0.4) is 0 Å². The Bertz CT molecular complexity index is 992. The van der Waals surface area contributed by atoms with Crippen LogP contribution >= 0.6 is 0 Å². The smallest absolute Gasteiger partial charge is 0.407 e. The van der Waals surface area contributed by atoms with Gasteiger partial charge in [0.25, 0.3) is 0 Å². The lowest BCUT2D eigenvalue weighted by atomic mass is 10.0. The van der Waals surface area contributed by atoms with Gasteiger partial charge >= 0.3 is 6.09 Å². The molecular formula is C21H18N2O3. The van der Waals surface area contributed by atoms with Gasteiger partial charge in [-0.1, -0.05) is 42.5 Å². The van der Waals surface area contributed by atoms with Crippen LogP contribution in [0.4, 0.5) is 4.79 Å².